The largest absolute Gasteiger partial charge is 0.429 e. The number of nitrogens with one attached hydrogen (secondary N) is 1. The van der Waals surface area contributed by atoms with Crippen molar-refractivity contribution in [1.82, 2.24) is 4.73 Å². The van der Waals surface area contributed by atoms with Crippen LogP contribution in [0.5, 0.6) is 0 Å². The van der Waals surface area contributed by atoms with Crippen molar-refractivity contribution in [2.45, 2.75) is 13.8 Å². The molecule has 0 aliphatic heterocycles. The van der Waals surface area contributed by atoms with Gasteiger partial charge in [0.1, 0.15) is 0 Å². The number of aromatic nitrogens is 1. The van der Waals surface area contributed by atoms with E-state index in [9.17, 15) is 5.21 Å². The molecule has 1 aromatic heterocycles. The maximum Gasteiger partial charge on any atom is 0.0917 e. The van der Waals surface area contributed by atoms with Crippen molar-refractivity contribution < 1.29 is 5.21 Å². The Morgan fingerprint density at radius 1 is 1.22 bits per heavy atom. The van der Waals surface area contributed by atoms with E-state index in [0.29, 0.717) is 16.8 Å². The van der Waals surface area contributed by atoms with Gasteiger partial charge in [-0.25, -0.2) is 4.73 Å². The van der Waals surface area contributed by atoms with E-state index in [-0.39, 0.29) is 0 Å². The Morgan fingerprint density at radius 3 is 2.67 bits per heavy atom. The van der Waals surface area contributed by atoms with Crippen LogP contribution in [0.1, 0.15) is 12.5 Å². The van der Waals surface area contributed by atoms with Gasteiger partial charge in [0.25, 0.3) is 0 Å². The minimum atomic E-state index is 0.492. The van der Waals surface area contributed by atoms with E-state index in [2.05, 4.69) is 10.2 Å². The lowest BCUT2D eigenvalue weighted by Gasteiger charge is -2.04. The summed E-state index contributed by atoms with van der Waals surface area (Å²) in [5, 5.41) is 25.7. The molecule has 92 valence electrons. The van der Waals surface area contributed by atoms with Gasteiger partial charge in [0.05, 0.1) is 16.8 Å². The van der Waals surface area contributed by atoms with Crippen LogP contribution in [-0.4, -0.2) is 21.4 Å². The van der Waals surface area contributed by atoms with Gasteiger partial charge in [0.2, 0.25) is 0 Å². The Kier molecular flexibility index (Phi) is 3.23. The van der Waals surface area contributed by atoms with Crippen LogP contribution in [0.3, 0.4) is 0 Å². The zero-order chi connectivity index (χ0) is 13.1. The third-order valence-electron chi connectivity index (χ3n) is 2.60. The van der Waals surface area contributed by atoms with Gasteiger partial charge >= 0.3 is 0 Å². The van der Waals surface area contributed by atoms with Crippen molar-refractivity contribution in [3.8, 4) is 0 Å². The SMILES string of the molecule is CC1=C/C(=N/N=c2\ccn(O)cc2C)C=CC1=N. The summed E-state index contributed by atoms with van der Waals surface area (Å²) in [6.45, 7) is 3.71. The molecule has 0 saturated heterocycles. The first kappa shape index (κ1) is 12.0. The number of aryl methyl sites for hydroxylation is 1. The quantitative estimate of drug-likeness (QED) is 0.440. The number of rotatable bonds is 1. The standard InChI is InChI=1S/C13H14N4O/c1-9-7-11(3-4-12(9)14)15-16-13-5-6-17(18)8-10(13)2/h3-8,14,18H,1-2H3/b14-12?,15-11+,16-13+. The second-order valence-electron chi connectivity index (χ2n) is 4.09. The Hall–Kier alpha value is -2.43. The van der Waals surface area contributed by atoms with Crippen LogP contribution < -0.4 is 5.36 Å². The molecule has 5 nitrogen and oxygen atoms in total. The highest BCUT2D eigenvalue weighted by Crippen LogP contribution is 2.05. The Morgan fingerprint density at radius 2 is 2.00 bits per heavy atom. The molecule has 1 heterocycles. The fraction of sp³-hybridized carbons (Fsp3) is 0.154. The fourth-order valence-electron chi connectivity index (χ4n) is 1.52. The molecular weight excluding hydrogens is 228 g/mol. The number of nitrogens with zero attached hydrogens (tertiary/aromatic N) is 3. The van der Waals surface area contributed by atoms with E-state index >= 15 is 0 Å². The van der Waals surface area contributed by atoms with Crippen molar-refractivity contribution >= 4 is 11.4 Å². The normalized spacial score (nSPS) is 18.3. The van der Waals surface area contributed by atoms with E-state index in [1.54, 1.807) is 24.4 Å². The average molecular weight is 242 g/mol. The number of pyridine rings is 1. The van der Waals surface area contributed by atoms with Crippen LogP contribution in [0.4, 0.5) is 0 Å². The Labute approximate surface area is 105 Å². The third-order valence-corrected chi connectivity index (χ3v) is 2.60. The summed E-state index contributed by atoms with van der Waals surface area (Å²) in [6.07, 6.45) is 8.33. The van der Waals surface area contributed by atoms with Gasteiger partial charge in [0, 0.05) is 12.4 Å². The fourth-order valence-corrected chi connectivity index (χ4v) is 1.52. The van der Waals surface area contributed by atoms with Crippen LogP contribution in [0.2, 0.25) is 0 Å². The van der Waals surface area contributed by atoms with E-state index < -0.39 is 0 Å². The minimum Gasteiger partial charge on any atom is -0.429 e. The highest BCUT2D eigenvalue weighted by molar-refractivity contribution is 6.19. The average Bonchev–Trinajstić information content (AvgIpc) is 2.32. The van der Waals surface area contributed by atoms with Gasteiger partial charge in [-0.2, -0.15) is 10.2 Å². The first-order valence-electron chi connectivity index (χ1n) is 5.51. The van der Waals surface area contributed by atoms with Crippen LogP contribution in [-0.2, 0) is 0 Å². The smallest absolute Gasteiger partial charge is 0.0917 e. The van der Waals surface area contributed by atoms with Gasteiger partial charge in [-0.15, -0.1) is 0 Å². The number of allylic oxidation sites excluding steroid dienone is 4. The van der Waals surface area contributed by atoms with E-state index in [4.69, 9.17) is 5.41 Å². The molecule has 2 rings (SSSR count). The molecule has 0 saturated carbocycles. The predicted molar refractivity (Wildman–Crippen MR) is 70.0 cm³/mol. The van der Waals surface area contributed by atoms with Gasteiger partial charge < -0.3 is 10.6 Å². The first-order chi connectivity index (χ1) is 8.56. The summed E-state index contributed by atoms with van der Waals surface area (Å²) in [4.78, 5) is 0. The molecule has 1 aliphatic carbocycles. The molecule has 0 aromatic carbocycles. The molecule has 0 fully saturated rings. The summed E-state index contributed by atoms with van der Waals surface area (Å²) in [6, 6.07) is 1.69. The first-order valence-corrected chi connectivity index (χ1v) is 5.51. The lowest BCUT2D eigenvalue weighted by atomic mass is 10.0. The molecule has 0 spiro atoms. The minimum absolute atomic E-state index is 0.492. The Bertz CT molecular complexity index is 647. The van der Waals surface area contributed by atoms with Crippen LogP contribution >= 0.6 is 0 Å². The topological polar surface area (TPSA) is 73.7 Å². The summed E-state index contributed by atoms with van der Waals surface area (Å²) in [7, 11) is 0. The van der Waals surface area contributed by atoms with Gasteiger partial charge in [0.15, 0.2) is 0 Å². The molecule has 5 heteroatoms. The summed E-state index contributed by atoms with van der Waals surface area (Å²) < 4.78 is 0.980. The summed E-state index contributed by atoms with van der Waals surface area (Å²) >= 11 is 0. The van der Waals surface area contributed by atoms with Crippen LogP contribution in [0.25, 0.3) is 0 Å². The van der Waals surface area contributed by atoms with E-state index in [1.807, 2.05) is 19.9 Å². The summed E-state index contributed by atoms with van der Waals surface area (Å²) in [5.41, 5.74) is 2.90. The molecule has 2 N–H and O–H groups in total. The van der Waals surface area contributed by atoms with Crippen molar-refractivity contribution in [2.75, 3.05) is 0 Å². The maximum atomic E-state index is 9.21. The molecule has 0 unspecified atom stereocenters. The predicted octanol–water partition coefficient (Wildman–Crippen LogP) is 1.83. The van der Waals surface area contributed by atoms with Crippen molar-refractivity contribution in [1.29, 1.82) is 5.41 Å². The molecular formula is C13H14N4O. The molecule has 1 aromatic rings. The molecule has 0 bridgehead atoms. The van der Waals surface area contributed by atoms with Gasteiger partial charge in [-0.1, -0.05) is 0 Å². The number of hydrogen-bond donors (Lipinski definition) is 2. The van der Waals surface area contributed by atoms with Crippen molar-refractivity contribution in [3.63, 3.8) is 0 Å². The van der Waals surface area contributed by atoms with Crippen LogP contribution in [0.15, 0.2) is 52.5 Å². The third kappa shape index (κ3) is 2.63. The van der Waals surface area contributed by atoms with Gasteiger partial charge in [-0.3, -0.25) is 0 Å². The zero-order valence-corrected chi connectivity index (χ0v) is 10.3. The molecule has 0 amide bonds. The van der Waals surface area contributed by atoms with Gasteiger partial charge in [-0.05, 0) is 49.3 Å². The molecule has 0 radical (unpaired) electrons. The highest BCUT2D eigenvalue weighted by atomic mass is 16.5. The van der Waals surface area contributed by atoms with E-state index in [1.165, 1.54) is 6.20 Å². The van der Waals surface area contributed by atoms with Crippen molar-refractivity contribution in [3.05, 3.63) is 53.2 Å². The highest BCUT2D eigenvalue weighted by Gasteiger charge is 2.03. The zero-order valence-electron chi connectivity index (χ0n) is 10.3. The second kappa shape index (κ2) is 4.83. The Balaban J connectivity index is 2.36. The lowest BCUT2D eigenvalue weighted by molar-refractivity contribution is 0.183. The summed E-state index contributed by atoms with van der Waals surface area (Å²) in [5.74, 6) is 0. The monoisotopic (exact) mass is 242 g/mol. The second-order valence-corrected chi connectivity index (χ2v) is 4.09. The molecule has 18 heavy (non-hydrogen) atoms. The molecule has 1 aliphatic rings. The maximum absolute atomic E-state index is 9.21. The van der Waals surface area contributed by atoms with Crippen molar-refractivity contribution in [2.24, 2.45) is 10.2 Å². The molecule has 0 atom stereocenters. The van der Waals surface area contributed by atoms with Crippen LogP contribution in [0, 0.1) is 12.3 Å². The number of hydrogen-bond acceptors (Lipinski definition) is 4. The lowest BCUT2D eigenvalue weighted by Crippen LogP contribution is -2.09. The van der Waals surface area contributed by atoms with E-state index in [0.717, 1.165) is 15.9 Å².